The third-order valence-electron chi connectivity index (χ3n) is 5.86. The predicted molar refractivity (Wildman–Crippen MR) is 133 cm³/mol. The zero-order valence-electron chi connectivity index (χ0n) is 20.4. The van der Waals surface area contributed by atoms with Crippen molar-refractivity contribution in [1.82, 2.24) is 30.9 Å². The lowest BCUT2D eigenvalue weighted by Crippen LogP contribution is -2.59. The largest absolute Gasteiger partial charge is 0.480 e. The lowest BCUT2D eigenvalue weighted by atomic mass is 10.0. The summed E-state index contributed by atoms with van der Waals surface area (Å²) in [6, 6.07) is 2.51. The van der Waals surface area contributed by atoms with Crippen LogP contribution >= 0.6 is 0 Å². The Morgan fingerprint density at radius 3 is 2.38 bits per heavy atom. The van der Waals surface area contributed by atoms with E-state index in [0.717, 1.165) is 10.9 Å². The first-order valence-electron chi connectivity index (χ1n) is 11.7. The normalized spacial score (nSPS) is 15.2. The highest BCUT2D eigenvalue weighted by molar-refractivity contribution is 5.94. The van der Waals surface area contributed by atoms with Gasteiger partial charge in [0.15, 0.2) is 0 Å². The molecule has 5 unspecified atom stereocenters. The zero-order valence-corrected chi connectivity index (χ0v) is 20.4. The lowest BCUT2D eigenvalue weighted by Gasteiger charge is -2.25. The van der Waals surface area contributed by atoms with Gasteiger partial charge in [-0.05, 0) is 25.5 Å². The number of para-hydroxylation sites is 1. The number of nitrogens with one attached hydrogen (secondary N) is 5. The van der Waals surface area contributed by atoms with E-state index in [9.17, 15) is 29.4 Å². The van der Waals surface area contributed by atoms with Crippen molar-refractivity contribution in [2.75, 3.05) is 0 Å². The van der Waals surface area contributed by atoms with Gasteiger partial charge in [0.1, 0.15) is 18.1 Å². The van der Waals surface area contributed by atoms with Gasteiger partial charge in [0.25, 0.3) is 0 Å². The van der Waals surface area contributed by atoms with Gasteiger partial charge in [-0.2, -0.15) is 0 Å². The van der Waals surface area contributed by atoms with Gasteiger partial charge in [-0.3, -0.25) is 14.4 Å². The molecule has 0 bridgehead atoms. The van der Waals surface area contributed by atoms with E-state index in [2.05, 4.69) is 30.9 Å². The number of carboxylic acid groups (broad SMARTS) is 1. The number of aliphatic hydroxyl groups is 1. The number of fused-ring (bicyclic) bond motifs is 1. The molecule has 2 aromatic heterocycles. The molecule has 0 aliphatic heterocycles. The van der Waals surface area contributed by atoms with E-state index in [1.807, 2.05) is 24.3 Å². The number of rotatable bonds is 12. The maximum Gasteiger partial charge on any atom is 0.326 e. The first kappa shape index (κ1) is 27.4. The standard InChI is InChI=1S/C24H31N7O6/c1-12(29-22(34)17(25)8-15-10-26-11-28-15)21(33)31-20(13(2)32)23(35)30-19(24(36)37)7-14-9-27-18-6-4-3-5-16(14)18/h3-6,9-13,17,19-20,27,32H,7-8,25H2,1-2H3,(H,26,28)(H,29,34)(H,30,35)(H,31,33)(H,36,37). The number of carbonyl (C=O) groups excluding carboxylic acids is 3. The molecule has 0 aliphatic carbocycles. The van der Waals surface area contributed by atoms with Gasteiger partial charge in [-0.1, -0.05) is 18.2 Å². The van der Waals surface area contributed by atoms with E-state index in [4.69, 9.17) is 5.73 Å². The second-order valence-corrected chi connectivity index (χ2v) is 8.81. The number of aromatic nitrogens is 3. The van der Waals surface area contributed by atoms with Crippen LogP contribution in [0.1, 0.15) is 25.1 Å². The fraction of sp³-hybridized carbons (Fsp3) is 0.375. The number of aliphatic carboxylic acids is 1. The fourth-order valence-corrected chi connectivity index (χ4v) is 3.78. The minimum Gasteiger partial charge on any atom is -0.480 e. The fourth-order valence-electron chi connectivity index (χ4n) is 3.78. The SMILES string of the molecule is CC(NC(=O)C(N)Cc1cnc[nH]1)C(=O)NC(C(=O)NC(Cc1c[nH]c2ccccc12)C(=O)O)C(C)O. The zero-order chi connectivity index (χ0) is 27.1. The maximum atomic E-state index is 12.9. The van der Waals surface area contributed by atoms with Crippen LogP contribution in [0, 0.1) is 0 Å². The number of aromatic amines is 2. The van der Waals surface area contributed by atoms with Gasteiger partial charge in [0, 0.05) is 41.8 Å². The van der Waals surface area contributed by atoms with Gasteiger partial charge >= 0.3 is 5.97 Å². The topological polar surface area (TPSA) is 215 Å². The minimum atomic E-state index is -1.46. The number of nitrogens with two attached hydrogens (primary N) is 1. The third kappa shape index (κ3) is 7.15. The molecule has 3 aromatic rings. The van der Waals surface area contributed by atoms with Crippen LogP contribution in [0.15, 0.2) is 43.0 Å². The van der Waals surface area contributed by atoms with Gasteiger partial charge in [0.2, 0.25) is 17.7 Å². The molecule has 5 atom stereocenters. The Labute approximate surface area is 212 Å². The molecule has 3 amide bonds. The Balaban J connectivity index is 1.60. The lowest BCUT2D eigenvalue weighted by molar-refractivity contribution is -0.143. The summed E-state index contributed by atoms with van der Waals surface area (Å²) in [6.07, 6.45) is 3.45. The molecule has 1 aromatic carbocycles. The summed E-state index contributed by atoms with van der Waals surface area (Å²) < 4.78 is 0. The van der Waals surface area contributed by atoms with Crippen molar-refractivity contribution in [1.29, 1.82) is 0 Å². The van der Waals surface area contributed by atoms with Crippen molar-refractivity contribution in [2.45, 2.75) is 57.0 Å². The van der Waals surface area contributed by atoms with E-state index in [-0.39, 0.29) is 12.8 Å². The first-order chi connectivity index (χ1) is 17.6. The molecule has 0 saturated heterocycles. The first-order valence-corrected chi connectivity index (χ1v) is 11.7. The van der Waals surface area contributed by atoms with E-state index < -0.39 is 54.0 Å². The number of aliphatic hydroxyl groups excluding tert-OH is 1. The quantitative estimate of drug-likeness (QED) is 0.149. The molecule has 198 valence electrons. The summed E-state index contributed by atoms with van der Waals surface area (Å²) in [5, 5.41) is 27.8. The van der Waals surface area contributed by atoms with Crippen LogP contribution in [0.4, 0.5) is 0 Å². The van der Waals surface area contributed by atoms with E-state index in [1.54, 1.807) is 6.20 Å². The molecule has 13 nitrogen and oxygen atoms in total. The average Bonchev–Trinajstić information content (AvgIpc) is 3.51. The summed E-state index contributed by atoms with van der Waals surface area (Å²) in [7, 11) is 0. The molecule has 0 saturated carbocycles. The molecule has 0 radical (unpaired) electrons. The average molecular weight is 514 g/mol. The predicted octanol–water partition coefficient (Wildman–Crippen LogP) is -1.06. The highest BCUT2D eigenvalue weighted by Crippen LogP contribution is 2.19. The van der Waals surface area contributed by atoms with Crippen LogP contribution in [0.5, 0.6) is 0 Å². The number of hydrogen-bond acceptors (Lipinski definition) is 7. The van der Waals surface area contributed by atoms with Crippen molar-refractivity contribution in [3.05, 3.63) is 54.2 Å². The van der Waals surface area contributed by atoms with Gasteiger partial charge in [0.05, 0.1) is 18.5 Å². The van der Waals surface area contributed by atoms with Crippen molar-refractivity contribution < 1.29 is 29.4 Å². The van der Waals surface area contributed by atoms with Crippen LogP contribution in [0.25, 0.3) is 10.9 Å². The molecule has 3 rings (SSSR count). The van der Waals surface area contributed by atoms with E-state index >= 15 is 0 Å². The second kappa shape index (κ2) is 12.1. The van der Waals surface area contributed by atoms with E-state index in [0.29, 0.717) is 11.3 Å². The van der Waals surface area contributed by atoms with Crippen molar-refractivity contribution in [2.24, 2.45) is 5.73 Å². The molecule has 37 heavy (non-hydrogen) atoms. The molecular formula is C24H31N7O6. The summed E-state index contributed by atoms with van der Waals surface area (Å²) >= 11 is 0. The van der Waals surface area contributed by atoms with Crippen LogP contribution in [0.3, 0.4) is 0 Å². The molecular weight excluding hydrogens is 482 g/mol. The van der Waals surface area contributed by atoms with Gasteiger partial charge < -0.3 is 41.9 Å². The monoisotopic (exact) mass is 513 g/mol. The van der Waals surface area contributed by atoms with Crippen molar-refractivity contribution in [3.63, 3.8) is 0 Å². The maximum absolute atomic E-state index is 12.9. The molecule has 0 fully saturated rings. The van der Waals surface area contributed by atoms with Crippen LogP contribution < -0.4 is 21.7 Å². The Bertz CT molecular complexity index is 1240. The van der Waals surface area contributed by atoms with Gasteiger partial charge in [-0.25, -0.2) is 9.78 Å². The summed E-state index contributed by atoms with van der Waals surface area (Å²) in [4.78, 5) is 59.5. The van der Waals surface area contributed by atoms with Crippen LogP contribution in [-0.4, -0.2) is 79.1 Å². The Morgan fingerprint density at radius 2 is 1.73 bits per heavy atom. The number of amides is 3. The summed E-state index contributed by atoms with van der Waals surface area (Å²) in [5.41, 5.74) is 8.02. The number of H-pyrrole nitrogens is 2. The molecule has 13 heteroatoms. The van der Waals surface area contributed by atoms with Crippen LogP contribution in [-0.2, 0) is 32.0 Å². The Hall–Kier alpha value is -4.23. The van der Waals surface area contributed by atoms with Gasteiger partial charge in [-0.15, -0.1) is 0 Å². The number of benzene rings is 1. The highest BCUT2D eigenvalue weighted by atomic mass is 16.4. The smallest absolute Gasteiger partial charge is 0.326 e. The number of hydrogen-bond donors (Lipinski definition) is 8. The van der Waals surface area contributed by atoms with E-state index in [1.165, 1.54) is 26.4 Å². The number of nitrogens with zero attached hydrogens (tertiary/aromatic N) is 1. The van der Waals surface area contributed by atoms with Crippen molar-refractivity contribution >= 4 is 34.6 Å². The van der Waals surface area contributed by atoms with Crippen LogP contribution in [0.2, 0.25) is 0 Å². The van der Waals surface area contributed by atoms with Crippen molar-refractivity contribution in [3.8, 4) is 0 Å². The summed E-state index contributed by atoms with van der Waals surface area (Å²) in [6.45, 7) is 2.67. The highest BCUT2D eigenvalue weighted by Gasteiger charge is 2.32. The number of carbonyl (C=O) groups is 4. The molecule has 9 N–H and O–H groups in total. The number of carboxylic acids is 1. The minimum absolute atomic E-state index is 0.0216. The Kier molecular flexibility index (Phi) is 8.98. The number of imidazole rings is 1. The summed E-state index contributed by atoms with van der Waals surface area (Å²) in [5.74, 6) is -3.52. The molecule has 2 heterocycles. The Morgan fingerprint density at radius 1 is 1.00 bits per heavy atom. The third-order valence-corrected chi connectivity index (χ3v) is 5.86. The molecule has 0 aliphatic rings. The molecule has 0 spiro atoms. The second-order valence-electron chi connectivity index (χ2n) is 8.81.